The van der Waals surface area contributed by atoms with E-state index in [0.29, 0.717) is 0 Å². The van der Waals surface area contributed by atoms with Gasteiger partial charge in [0.05, 0.1) is 0 Å². The van der Waals surface area contributed by atoms with E-state index in [0.717, 1.165) is 0 Å². The van der Waals surface area contributed by atoms with Crippen LogP contribution in [0.15, 0.2) is 0 Å². The summed E-state index contributed by atoms with van der Waals surface area (Å²) in [6.07, 6.45) is 2.51. The summed E-state index contributed by atoms with van der Waals surface area (Å²) in [6.45, 7) is 0. The Hall–Kier alpha value is 0.928. The van der Waals surface area contributed by atoms with Crippen LogP contribution in [0.5, 0.6) is 0 Å². The van der Waals surface area contributed by atoms with E-state index in [4.69, 9.17) is 0 Å². The van der Waals surface area contributed by atoms with Gasteiger partial charge in [-0.25, -0.2) is 14.7 Å². The van der Waals surface area contributed by atoms with Gasteiger partial charge in [-0.2, -0.15) is 0 Å². The van der Waals surface area contributed by atoms with Crippen molar-refractivity contribution in [3.05, 3.63) is 13.7 Å². The minimum atomic E-state index is -3.44. The van der Waals surface area contributed by atoms with Gasteiger partial charge in [0.1, 0.15) is 9.05 Å². The van der Waals surface area contributed by atoms with Gasteiger partial charge in [0.2, 0.25) is 0 Å². The molecule has 7 heavy (non-hydrogen) atoms. The minimum Gasteiger partial charge on any atom is -0.358 e. The van der Waals surface area contributed by atoms with Crippen LogP contribution < -0.4 is 0 Å². The average Bonchev–Trinajstić information content (AvgIpc) is 0.722. The standard InChI is InChI=1S/CH2ClO2S.CH3.W/c1-5(2,3)4;;/h1H2;1H3;/q2*-1;+2. The molecule has 0 saturated carbocycles. The fourth-order valence-electron chi connectivity index (χ4n) is 0. The molecule has 0 aliphatic rings. The van der Waals surface area contributed by atoms with Crippen molar-refractivity contribution >= 4 is 19.7 Å². The Labute approximate surface area is 62.9 Å². The molecule has 0 rings (SSSR count). The van der Waals surface area contributed by atoms with Gasteiger partial charge < -0.3 is 7.43 Å². The third-order valence-electron chi connectivity index (χ3n) is 0. The topological polar surface area (TPSA) is 34.1 Å². The summed E-state index contributed by atoms with van der Waals surface area (Å²) in [5.74, 6) is 0. The maximum Gasteiger partial charge on any atom is 2.00 e. The maximum atomic E-state index is 9.29. The van der Waals surface area contributed by atoms with Crippen LogP contribution in [0.25, 0.3) is 0 Å². The van der Waals surface area contributed by atoms with Gasteiger partial charge in [0, 0.05) is 0 Å². The van der Waals surface area contributed by atoms with E-state index in [-0.39, 0.29) is 28.5 Å². The molecule has 44 valence electrons. The molecule has 0 aromatic rings. The molecule has 0 radical (unpaired) electrons. The zero-order chi connectivity index (χ0) is 4.50. The van der Waals surface area contributed by atoms with E-state index < -0.39 is 9.05 Å². The number of halogens is 1. The van der Waals surface area contributed by atoms with Gasteiger partial charge >= 0.3 is 21.1 Å². The zero-order valence-electron chi connectivity index (χ0n) is 3.72. The fraction of sp³-hybridized carbons (Fsp3) is 0. The van der Waals surface area contributed by atoms with Crippen molar-refractivity contribution in [2.75, 3.05) is 0 Å². The Balaban J connectivity index is -0.0000000800. The summed E-state index contributed by atoms with van der Waals surface area (Å²) in [4.78, 5) is 0. The van der Waals surface area contributed by atoms with Gasteiger partial charge in [0.15, 0.2) is 0 Å². The van der Waals surface area contributed by atoms with Crippen LogP contribution in [0.4, 0.5) is 0 Å². The van der Waals surface area contributed by atoms with Crippen molar-refractivity contribution in [2.45, 2.75) is 0 Å². The molecule has 0 aromatic carbocycles. The van der Waals surface area contributed by atoms with Crippen LogP contribution in [0.3, 0.4) is 0 Å². The SMILES string of the molecule is [CH2-]S(=O)(=O)Cl.[CH3-].[W+2]. The number of rotatable bonds is 0. The second kappa shape index (κ2) is 5.07. The summed E-state index contributed by atoms with van der Waals surface area (Å²) in [5, 5.41) is 0. The average molecular weight is 312 g/mol. The quantitative estimate of drug-likeness (QED) is 0.490. The van der Waals surface area contributed by atoms with Gasteiger partial charge in [-0.05, 0) is 10.7 Å². The molecule has 0 aromatic heterocycles. The summed E-state index contributed by atoms with van der Waals surface area (Å²) in [6, 6.07) is 0. The molecular weight excluding hydrogens is 307 g/mol. The molecule has 0 amide bonds. The molecule has 5 heteroatoms. The van der Waals surface area contributed by atoms with E-state index in [1.807, 2.05) is 0 Å². The summed E-state index contributed by atoms with van der Waals surface area (Å²) in [7, 11) is 0.947. The molecule has 0 bridgehead atoms. The fourth-order valence-corrected chi connectivity index (χ4v) is 0. The first kappa shape index (κ1) is 15.7. The normalized spacial score (nSPS) is 8.29. The van der Waals surface area contributed by atoms with Crippen molar-refractivity contribution in [1.29, 1.82) is 0 Å². The van der Waals surface area contributed by atoms with Crippen molar-refractivity contribution in [3.63, 3.8) is 0 Å². The van der Waals surface area contributed by atoms with Gasteiger partial charge in [-0.15, -0.1) is 0 Å². The second-order valence-electron chi connectivity index (χ2n) is 0.539. The van der Waals surface area contributed by atoms with E-state index in [1.165, 1.54) is 0 Å². The number of hydrogen-bond acceptors (Lipinski definition) is 2. The molecule has 0 N–H and O–H groups in total. The van der Waals surface area contributed by atoms with Crippen LogP contribution in [-0.2, 0) is 30.1 Å². The molecule has 0 saturated heterocycles. The third kappa shape index (κ3) is 195. The molecule has 0 spiro atoms. The largest absolute Gasteiger partial charge is 2.00 e. The van der Waals surface area contributed by atoms with Crippen molar-refractivity contribution in [3.8, 4) is 0 Å². The van der Waals surface area contributed by atoms with E-state index >= 15 is 0 Å². The third-order valence-corrected chi connectivity index (χ3v) is 0. The minimum absolute atomic E-state index is 0. The first-order valence-electron chi connectivity index (χ1n) is 0.776. The van der Waals surface area contributed by atoms with Crippen LogP contribution in [0.1, 0.15) is 0 Å². The Kier molecular flexibility index (Phi) is 11.4. The van der Waals surface area contributed by atoms with Crippen molar-refractivity contribution in [2.24, 2.45) is 0 Å². The smallest absolute Gasteiger partial charge is 0.358 e. The molecule has 0 unspecified atom stereocenters. The van der Waals surface area contributed by atoms with E-state index in [2.05, 4.69) is 16.9 Å². The van der Waals surface area contributed by atoms with Crippen molar-refractivity contribution < 1.29 is 29.5 Å². The first-order chi connectivity index (χ1) is 2.00. The molecular formula is C2H5ClO2SW. The Morgan fingerprint density at radius 2 is 1.43 bits per heavy atom. The molecule has 0 heterocycles. The predicted molar refractivity (Wildman–Crippen MR) is 26.5 cm³/mol. The van der Waals surface area contributed by atoms with Crippen LogP contribution in [0.2, 0.25) is 0 Å². The molecule has 0 aliphatic heterocycles. The molecule has 0 aliphatic carbocycles. The Morgan fingerprint density at radius 3 is 1.43 bits per heavy atom. The number of hydrogen-bond donors (Lipinski definition) is 0. The Bertz CT molecular complexity index is 98.9. The van der Waals surface area contributed by atoms with Crippen LogP contribution in [0, 0.1) is 13.7 Å². The molecule has 2 nitrogen and oxygen atoms in total. The van der Waals surface area contributed by atoms with Crippen molar-refractivity contribution in [1.82, 2.24) is 0 Å². The first-order valence-corrected chi connectivity index (χ1v) is 3.25. The molecule has 0 atom stereocenters. The van der Waals surface area contributed by atoms with Gasteiger partial charge in [0.25, 0.3) is 0 Å². The summed E-state index contributed by atoms with van der Waals surface area (Å²) in [5.41, 5.74) is 0. The van der Waals surface area contributed by atoms with E-state index in [9.17, 15) is 8.42 Å². The predicted octanol–water partition coefficient (Wildman–Crippen LogP) is 0.794. The Morgan fingerprint density at radius 1 is 1.43 bits per heavy atom. The second-order valence-corrected chi connectivity index (χ2v) is 3.03. The van der Waals surface area contributed by atoms with Gasteiger partial charge in [-0.3, -0.25) is 0 Å². The van der Waals surface area contributed by atoms with Crippen LogP contribution in [-0.4, -0.2) is 8.42 Å². The monoisotopic (exact) mass is 312 g/mol. The molecule has 0 fully saturated rings. The van der Waals surface area contributed by atoms with Gasteiger partial charge in [-0.1, -0.05) is 0 Å². The maximum absolute atomic E-state index is 9.29. The summed E-state index contributed by atoms with van der Waals surface area (Å²) < 4.78 is 18.6. The van der Waals surface area contributed by atoms with Crippen LogP contribution >= 0.6 is 10.7 Å². The van der Waals surface area contributed by atoms with E-state index in [1.54, 1.807) is 0 Å². The summed E-state index contributed by atoms with van der Waals surface area (Å²) >= 11 is 0. The zero-order valence-corrected chi connectivity index (χ0v) is 8.22.